The Labute approximate surface area is 90.3 Å². The van der Waals surface area contributed by atoms with E-state index in [2.05, 4.69) is 15.3 Å². The second-order valence-corrected chi connectivity index (χ2v) is 4.19. The maximum Gasteiger partial charge on any atom is 0.220 e. The predicted molar refractivity (Wildman–Crippen MR) is 60.5 cm³/mol. The number of hydrogen-bond acceptors (Lipinski definition) is 4. The molecule has 82 valence electrons. The van der Waals surface area contributed by atoms with Gasteiger partial charge in [0.25, 0.3) is 0 Å². The molecule has 4 heteroatoms. The minimum absolute atomic E-state index is 0.393. The van der Waals surface area contributed by atoms with Crippen molar-refractivity contribution in [1.82, 2.24) is 15.3 Å². The van der Waals surface area contributed by atoms with Crippen molar-refractivity contribution in [1.29, 1.82) is 0 Å². The van der Waals surface area contributed by atoms with Gasteiger partial charge in [0.1, 0.15) is 0 Å². The Morgan fingerprint density at radius 3 is 3.07 bits per heavy atom. The first-order valence-corrected chi connectivity index (χ1v) is 5.57. The fourth-order valence-electron chi connectivity index (χ4n) is 2.11. The highest BCUT2D eigenvalue weighted by Gasteiger charge is 2.13. The molecule has 0 aromatic carbocycles. The average molecular weight is 206 g/mol. The van der Waals surface area contributed by atoms with E-state index in [-0.39, 0.29) is 0 Å². The van der Waals surface area contributed by atoms with Crippen LogP contribution in [0.5, 0.6) is 0 Å². The zero-order valence-corrected chi connectivity index (χ0v) is 9.16. The van der Waals surface area contributed by atoms with Crippen LogP contribution in [-0.4, -0.2) is 22.6 Å². The maximum atomic E-state index is 5.61. The number of rotatable bonds is 3. The van der Waals surface area contributed by atoms with Crippen LogP contribution in [0.2, 0.25) is 0 Å². The van der Waals surface area contributed by atoms with Gasteiger partial charge in [-0.1, -0.05) is 0 Å². The van der Waals surface area contributed by atoms with Crippen LogP contribution in [0.25, 0.3) is 0 Å². The largest absolute Gasteiger partial charge is 0.368 e. The number of hydrogen-bond donors (Lipinski definition) is 2. The molecular formula is C11H18N4. The molecule has 1 unspecified atom stereocenters. The van der Waals surface area contributed by atoms with E-state index in [0.717, 1.165) is 30.8 Å². The van der Waals surface area contributed by atoms with Gasteiger partial charge in [-0.05, 0) is 45.2 Å². The molecule has 0 radical (unpaired) electrons. The molecule has 1 fully saturated rings. The molecule has 1 aliphatic rings. The lowest BCUT2D eigenvalue weighted by Crippen LogP contribution is -2.21. The van der Waals surface area contributed by atoms with Gasteiger partial charge in [0.15, 0.2) is 0 Å². The quantitative estimate of drug-likeness (QED) is 0.776. The van der Waals surface area contributed by atoms with E-state index in [0.29, 0.717) is 12.0 Å². The Kier molecular flexibility index (Phi) is 3.16. The molecule has 0 bridgehead atoms. The van der Waals surface area contributed by atoms with Gasteiger partial charge in [-0.15, -0.1) is 0 Å². The number of nitrogen functional groups attached to an aromatic ring is 1. The molecule has 1 aromatic heterocycles. The lowest BCUT2D eigenvalue weighted by Gasteiger charge is -2.09. The number of nitrogens with one attached hydrogen (secondary N) is 1. The Morgan fingerprint density at radius 1 is 1.53 bits per heavy atom. The summed E-state index contributed by atoms with van der Waals surface area (Å²) < 4.78 is 0. The van der Waals surface area contributed by atoms with Gasteiger partial charge < -0.3 is 11.1 Å². The normalized spacial score (nSPS) is 20.7. The van der Waals surface area contributed by atoms with Crippen molar-refractivity contribution in [2.45, 2.75) is 38.6 Å². The summed E-state index contributed by atoms with van der Waals surface area (Å²) in [4.78, 5) is 8.30. The average Bonchev–Trinajstić information content (AvgIpc) is 2.65. The lowest BCUT2D eigenvalue weighted by molar-refractivity contribution is 0.555. The van der Waals surface area contributed by atoms with Crippen molar-refractivity contribution in [3.8, 4) is 0 Å². The molecule has 0 spiro atoms. The zero-order chi connectivity index (χ0) is 10.7. The molecule has 15 heavy (non-hydrogen) atoms. The third kappa shape index (κ3) is 2.89. The number of anilines is 1. The molecule has 3 N–H and O–H groups in total. The highest BCUT2D eigenvalue weighted by atomic mass is 15.0. The molecule has 0 aliphatic carbocycles. The highest BCUT2D eigenvalue weighted by Crippen LogP contribution is 2.12. The summed E-state index contributed by atoms with van der Waals surface area (Å²) in [7, 11) is 0. The van der Waals surface area contributed by atoms with Crippen molar-refractivity contribution >= 4 is 5.95 Å². The standard InChI is InChI=1S/C11H18N4/c1-8-7-10(15-11(12)14-8)5-4-9-3-2-6-13-9/h7,9,13H,2-6H2,1H3,(H2,12,14,15). The fourth-order valence-corrected chi connectivity index (χ4v) is 2.11. The molecule has 1 atom stereocenters. The molecular weight excluding hydrogens is 188 g/mol. The van der Waals surface area contributed by atoms with Crippen molar-refractivity contribution in [2.24, 2.45) is 0 Å². The van der Waals surface area contributed by atoms with E-state index in [1.165, 1.54) is 12.8 Å². The van der Waals surface area contributed by atoms with E-state index in [4.69, 9.17) is 5.73 Å². The Balaban J connectivity index is 1.92. The van der Waals surface area contributed by atoms with Crippen LogP contribution < -0.4 is 11.1 Å². The van der Waals surface area contributed by atoms with E-state index in [1.807, 2.05) is 13.0 Å². The number of aromatic nitrogens is 2. The summed E-state index contributed by atoms with van der Waals surface area (Å²) >= 11 is 0. The first-order valence-electron chi connectivity index (χ1n) is 5.57. The van der Waals surface area contributed by atoms with E-state index < -0.39 is 0 Å². The lowest BCUT2D eigenvalue weighted by atomic mass is 10.1. The van der Waals surface area contributed by atoms with Crippen LogP contribution >= 0.6 is 0 Å². The third-order valence-electron chi connectivity index (χ3n) is 2.84. The molecule has 1 aromatic rings. The smallest absolute Gasteiger partial charge is 0.220 e. The van der Waals surface area contributed by atoms with Gasteiger partial charge in [0.2, 0.25) is 5.95 Å². The van der Waals surface area contributed by atoms with Crippen LogP contribution in [0.3, 0.4) is 0 Å². The van der Waals surface area contributed by atoms with Crippen LogP contribution in [0.15, 0.2) is 6.07 Å². The summed E-state index contributed by atoms with van der Waals surface area (Å²) in [6.45, 7) is 3.12. The third-order valence-corrected chi connectivity index (χ3v) is 2.84. The van der Waals surface area contributed by atoms with E-state index in [9.17, 15) is 0 Å². The zero-order valence-electron chi connectivity index (χ0n) is 9.16. The molecule has 0 amide bonds. The minimum Gasteiger partial charge on any atom is -0.368 e. The minimum atomic E-state index is 0.393. The fraction of sp³-hybridized carbons (Fsp3) is 0.636. The van der Waals surface area contributed by atoms with Crippen molar-refractivity contribution in [3.63, 3.8) is 0 Å². The number of nitrogens with zero attached hydrogens (tertiary/aromatic N) is 2. The van der Waals surface area contributed by atoms with Crippen LogP contribution in [0.1, 0.15) is 30.7 Å². The van der Waals surface area contributed by atoms with Gasteiger partial charge in [-0.25, -0.2) is 9.97 Å². The van der Waals surface area contributed by atoms with Crippen molar-refractivity contribution in [2.75, 3.05) is 12.3 Å². The summed E-state index contributed by atoms with van der Waals surface area (Å²) in [6, 6.07) is 2.69. The molecule has 1 saturated heterocycles. The Hall–Kier alpha value is -1.16. The first-order chi connectivity index (χ1) is 7.24. The maximum absolute atomic E-state index is 5.61. The summed E-state index contributed by atoms with van der Waals surface area (Å²) in [5.41, 5.74) is 7.62. The van der Waals surface area contributed by atoms with Crippen molar-refractivity contribution < 1.29 is 0 Å². The molecule has 2 heterocycles. The number of nitrogens with two attached hydrogens (primary N) is 1. The Morgan fingerprint density at radius 2 is 2.40 bits per heavy atom. The summed E-state index contributed by atoms with van der Waals surface area (Å²) in [6.07, 6.45) is 4.73. The highest BCUT2D eigenvalue weighted by molar-refractivity contribution is 5.21. The number of aryl methyl sites for hydroxylation is 2. The van der Waals surface area contributed by atoms with E-state index >= 15 is 0 Å². The summed E-state index contributed by atoms with van der Waals surface area (Å²) in [5.74, 6) is 0.393. The Bertz CT molecular complexity index is 311. The second kappa shape index (κ2) is 4.57. The van der Waals surface area contributed by atoms with Crippen LogP contribution in [0, 0.1) is 6.92 Å². The van der Waals surface area contributed by atoms with Crippen LogP contribution in [0.4, 0.5) is 5.95 Å². The monoisotopic (exact) mass is 206 g/mol. The van der Waals surface area contributed by atoms with Crippen LogP contribution in [-0.2, 0) is 6.42 Å². The molecule has 4 nitrogen and oxygen atoms in total. The first kappa shape index (κ1) is 10.4. The predicted octanol–water partition coefficient (Wildman–Crippen LogP) is 1.05. The van der Waals surface area contributed by atoms with Gasteiger partial charge in [-0.2, -0.15) is 0 Å². The molecule has 1 aliphatic heterocycles. The van der Waals surface area contributed by atoms with Gasteiger partial charge >= 0.3 is 0 Å². The van der Waals surface area contributed by atoms with Gasteiger partial charge in [0, 0.05) is 17.4 Å². The van der Waals surface area contributed by atoms with E-state index in [1.54, 1.807) is 0 Å². The van der Waals surface area contributed by atoms with Crippen molar-refractivity contribution in [3.05, 3.63) is 17.5 Å². The molecule has 2 rings (SSSR count). The molecule has 0 saturated carbocycles. The van der Waals surface area contributed by atoms with Gasteiger partial charge in [-0.3, -0.25) is 0 Å². The second-order valence-electron chi connectivity index (χ2n) is 4.19. The van der Waals surface area contributed by atoms with Gasteiger partial charge in [0.05, 0.1) is 0 Å². The topological polar surface area (TPSA) is 63.8 Å². The summed E-state index contributed by atoms with van der Waals surface area (Å²) in [5, 5.41) is 3.48. The SMILES string of the molecule is Cc1cc(CCC2CCCN2)nc(N)n1.